The van der Waals surface area contributed by atoms with Gasteiger partial charge in [-0.3, -0.25) is 0 Å². The second-order valence-corrected chi connectivity index (χ2v) is 2.21. The Kier molecular flexibility index (Phi) is 2.04. The van der Waals surface area contributed by atoms with Crippen LogP contribution in [-0.2, 0) is 6.30 Å². The highest BCUT2D eigenvalue weighted by atomic mass is 19.4. The lowest BCUT2D eigenvalue weighted by Gasteiger charge is -2.18. The highest BCUT2D eigenvalue weighted by Gasteiger charge is 2.39. The fraction of sp³-hybridized carbons (Fsp3) is 0.250. The van der Waals surface area contributed by atoms with E-state index in [2.05, 4.69) is 5.10 Å². The van der Waals surface area contributed by atoms with E-state index in [-0.39, 0.29) is 6.07 Å². The Morgan fingerprint density at radius 1 is 1.23 bits per heavy atom. The third-order valence-corrected chi connectivity index (χ3v) is 1.25. The molecule has 0 aliphatic heterocycles. The van der Waals surface area contributed by atoms with Crippen molar-refractivity contribution in [3.05, 3.63) is 12.3 Å². The van der Waals surface area contributed by atoms with Crippen molar-refractivity contribution in [1.29, 1.82) is 0 Å². The first-order valence-electron chi connectivity index (χ1n) is 3.04. The molecule has 0 bridgehead atoms. The largest absolute Gasteiger partial charge is 0.527 e. The standard InChI is InChI=1S/C4H2BF6N2/c6-4(7,8)13-3(1-2-12-13)5(9,10)11/h1-2H/q-1. The Bertz CT molecular complexity index is 270. The van der Waals surface area contributed by atoms with Crippen LogP contribution in [0, 0.1) is 0 Å². The molecular formula is C4H2BF6N2-. The van der Waals surface area contributed by atoms with Crippen LogP contribution in [0.1, 0.15) is 0 Å². The minimum atomic E-state index is -5.68. The number of aromatic nitrogens is 2. The van der Waals surface area contributed by atoms with Gasteiger partial charge in [-0.05, 0) is 5.59 Å². The summed E-state index contributed by atoms with van der Waals surface area (Å²) in [5.41, 5.74) is -1.77. The van der Waals surface area contributed by atoms with Gasteiger partial charge >= 0.3 is 13.3 Å². The maximum absolute atomic E-state index is 11.9. The molecule has 0 saturated carbocycles. The average molecular weight is 203 g/mol. The molecule has 0 fully saturated rings. The van der Waals surface area contributed by atoms with Gasteiger partial charge in [0.25, 0.3) is 0 Å². The maximum atomic E-state index is 11.9. The van der Waals surface area contributed by atoms with Crippen LogP contribution in [0.15, 0.2) is 12.3 Å². The molecule has 0 aromatic carbocycles. The Morgan fingerprint density at radius 2 is 1.77 bits per heavy atom. The molecule has 0 atom stereocenters. The van der Waals surface area contributed by atoms with E-state index in [4.69, 9.17) is 0 Å². The Labute approximate surface area is 68.2 Å². The topological polar surface area (TPSA) is 17.8 Å². The van der Waals surface area contributed by atoms with Crippen LogP contribution in [0.3, 0.4) is 0 Å². The van der Waals surface area contributed by atoms with Crippen molar-refractivity contribution in [2.45, 2.75) is 6.30 Å². The molecule has 0 spiro atoms. The van der Waals surface area contributed by atoms with Gasteiger partial charge in [-0.2, -0.15) is 5.10 Å². The molecule has 0 aliphatic rings. The molecule has 1 aromatic rings. The maximum Gasteiger partial charge on any atom is 0.527 e. The fourth-order valence-corrected chi connectivity index (χ4v) is 0.773. The van der Waals surface area contributed by atoms with Crippen molar-refractivity contribution < 1.29 is 26.1 Å². The van der Waals surface area contributed by atoms with E-state index in [9.17, 15) is 26.1 Å². The number of halogens is 6. The predicted octanol–water partition coefficient (Wildman–Crippen LogP) is 1.41. The summed E-state index contributed by atoms with van der Waals surface area (Å²) in [5.74, 6) is 0. The quantitative estimate of drug-likeness (QED) is 0.498. The first-order chi connectivity index (χ1) is 5.73. The molecule has 13 heavy (non-hydrogen) atoms. The van der Waals surface area contributed by atoms with Crippen molar-refractivity contribution in [2.75, 3.05) is 0 Å². The van der Waals surface area contributed by atoms with Crippen LogP contribution in [0.5, 0.6) is 0 Å². The summed E-state index contributed by atoms with van der Waals surface area (Å²) in [4.78, 5) is 0. The van der Waals surface area contributed by atoms with Crippen molar-refractivity contribution in [3.8, 4) is 0 Å². The Morgan fingerprint density at radius 3 is 2.08 bits per heavy atom. The second kappa shape index (κ2) is 2.67. The molecule has 0 N–H and O–H groups in total. The number of nitrogens with zero attached hydrogens (tertiary/aromatic N) is 2. The van der Waals surface area contributed by atoms with Crippen molar-refractivity contribution in [3.63, 3.8) is 0 Å². The van der Waals surface area contributed by atoms with Crippen molar-refractivity contribution in [2.24, 2.45) is 0 Å². The van der Waals surface area contributed by atoms with Crippen molar-refractivity contribution >= 4 is 12.6 Å². The van der Waals surface area contributed by atoms with Gasteiger partial charge in [0.2, 0.25) is 0 Å². The molecule has 0 saturated heterocycles. The second-order valence-electron chi connectivity index (χ2n) is 2.21. The van der Waals surface area contributed by atoms with Gasteiger partial charge in [0.15, 0.2) is 0 Å². The zero-order valence-corrected chi connectivity index (χ0v) is 5.89. The zero-order valence-electron chi connectivity index (χ0n) is 5.89. The predicted molar refractivity (Wildman–Crippen MR) is 32.2 cm³/mol. The van der Waals surface area contributed by atoms with Gasteiger partial charge in [0.1, 0.15) is 0 Å². The van der Waals surface area contributed by atoms with E-state index in [1.165, 1.54) is 0 Å². The van der Waals surface area contributed by atoms with E-state index in [1.807, 2.05) is 0 Å². The fourth-order valence-electron chi connectivity index (χ4n) is 0.773. The summed E-state index contributed by atoms with van der Waals surface area (Å²) in [7, 11) is 0. The number of rotatable bonds is 1. The molecule has 1 heterocycles. The highest BCUT2D eigenvalue weighted by Crippen LogP contribution is 2.21. The van der Waals surface area contributed by atoms with E-state index in [1.54, 1.807) is 0 Å². The Hall–Kier alpha value is -1.15. The van der Waals surface area contributed by atoms with Crippen LogP contribution in [0.4, 0.5) is 26.1 Å². The molecule has 0 aliphatic carbocycles. The molecule has 1 aromatic heterocycles. The van der Waals surface area contributed by atoms with Gasteiger partial charge in [0, 0.05) is 6.20 Å². The summed E-state index contributed by atoms with van der Waals surface area (Å²) in [6.45, 7) is -5.68. The van der Waals surface area contributed by atoms with Crippen LogP contribution in [0.2, 0.25) is 0 Å². The van der Waals surface area contributed by atoms with Gasteiger partial charge in [-0.1, -0.05) is 6.07 Å². The lowest BCUT2D eigenvalue weighted by molar-refractivity contribution is -0.210. The lowest BCUT2D eigenvalue weighted by Crippen LogP contribution is -2.44. The zero-order chi connectivity index (χ0) is 10.3. The monoisotopic (exact) mass is 203 g/mol. The first-order valence-corrected chi connectivity index (χ1v) is 3.04. The van der Waals surface area contributed by atoms with Crippen LogP contribution >= 0.6 is 0 Å². The van der Waals surface area contributed by atoms with Gasteiger partial charge < -0.3 is 12.9 Å². The number of hydrogen-bond donors (Lipinski definition) is 0. The molecule has 1 rings (SSSR count). The molecular weight excluding hydrogens is 201 g/mol. The SMILES string of the molecule is F[B-](F)(F)c1ccnn1C(F)(F)F. The van der Waals surface area contributed by atoms with E-state index >= 15 is 0 Å². The summed E-state index contributed by atoms with van der Waals surface area (Å²) < 4.78 is 70.2. The summed E-state index contributed by atoms with van der Waals surface area (Å²) in [6.07, 6.45) is -4.67. The summed E-state index contributed by atoms with van der Waals surface area (Å²) in [6, 6.07) is 0.285. The average Bonchev–Trinajstić information content (AvgIpc) is 2.27. The van der Waals surface area contributed by atoms with Crippen LogP contribution in [-0.4, -0.2) is 16.8 Å². The van der Waals surface area contributed by atoms with Crippen molar-refractivity contribution in [1.82, 2.24) is 9.78 Å². The molecule has 2 nitrogen and oxygen atoms in total. The molecule has 0 amide bonds. The molecule has 0 radical (unpaired) electrons. The van der Waals surface area contributed by atoms with E-state index in [0.29, 0.717) is 6.20 Å². The van der Waals surface area contributed by atoms with Crippen LogP contribution < -0.4 is 5.59 Å². The molecule has 74 valence electrons. The van der Waals surface area contributed by atoms with E-state index in [0.717, 1.165) is 0 Å². The normalized spacial score (nSPS) is 13.4. The minimum absolute atomic E-state index is 0.285. The van der Waals surface area contributed by atoms with Gasteiger partial charge in [-0.25, -0.2) is 4.68 Å². The van der Waals surface area contributed by atoms with E-state index < -0.39 is 23.6 Å². The third-order valence-electron chi connectivity index (χ3n) is 1.25. The van der Waals surface area contributed by atoms with Crippen LogP contribution in [0.25, 0.3) is 0 Å². The highest BCUT2D eigenvalue weighted by molar-refractivity contribution is 6.72. The first kappa shape index (κ1) is 9.94. The molecule has 9 heteroatoms. The minimum Gasteiger partial charge on any atom is -0.444 e. The lowest BCUT2D eigenvalue weighted by atomic mass is 9.86. The molecule has 0 unspecified atom stereocenters. The third kappa shape index (κ3) is 1.96. The summed E-state index contributed by atoms with van der Waals surface area (Å²) in [5, 5.41) is 2.54. The Balaban J connectivity index is 3.19. The van der Waals surface area contributed by atoms with Gasteiger partial charge in [-0.15, -0.1) is 13.2 Å². The number of hydrogen-bond acceptors (Lipinski definition) is 1. The smallest absolute Gasteiger partial charge is 0.444 e. The summed E-state index contributed by atoms with van der Waals surface area (Å²) >= 11 is 0. The van der Waals surface area contributed by atoms with Gasteiger partial charge in [0.05, 0.1) is 0 Å². The number of alkyl halides is 3.